The summed E-state index contributed by atoms with van der Waals surface area (Å²) in [5.41, 5.74) is -1.66. The van der Waals surface area contributed by atoms with Crippen LogP contribution in [0.5, 0.6) is 0 Å². The van der Waals surface area contributed by atoms with Gasteiger partial charge in [-0.25, -0.2) is 18.5 Å². The molecule has 2 rings (SSSR count). The van der Waals surface area contributed by atoms with E-state index in [2.05, 4.69) is 15.9 Å². The van der Waals surface area contributed by atoms with Crippen LogP contribution in [0.25, 0.3) is 5.69 Å². The lowest BCUT2D eigenvalue weighted by atomic mass is 10.3. The molecule has 9 heteroatoms. The zero-order valence-electron chi connectivity index (χ0n) is 10.4. The zero-order valence-corrected chi connectivity index (χ0v) is 13.5. The summed E-state index contributed by atoms with van der Waals surface area (Å²) in [6.07, 6.45) is 0. The maximum absolute atomic E-state index is 14.0. The first kappa shape index (κ1) is 15.1. The first-order valence-corrected chi connectivity index (χ1v) is 6.87. The minimum Gasteiger partial charge on any atom is -0.273 e. The Balaban J connectivity index is 2.99. The van der Waals surface area contributed by atoms with E-state index >= 15 is 0 Å². The van der Waals surface area contributed by atoms with Gasteiger partial charge in [0.25, 0.3) is 0 Å². The number of hydrogen-bond donors (Lipinski definition) is 0. The van der Waals surface area contributed by atoms with Crippen molar-refractivity contribution in [3.05, 3.63) is 53.2 Å². The molecule has 106 valence electrons. The average molecular weight is 381 g/mol. The van der Waals surface area contributed by atoms with Crippen LogP contribution >= 0.6 is 39.7 Å². The molecule has 1 aromatic heterocycles. The highest BCUT2D eigenvalue weighted by atomic mass is 79.9. The van der Waals surface area contributed by atoms with Crippen LogP contribution in [0, 0.1) is 10.6 Å². The van der Waals surface area contributed by atoms with Crippen molar-refractivity contribution >= 4 is 39.7 Å². The third kappa shape index (κ3) is 2.27. The van der Waals surface area contributed by atoms with Crippen LogP contribution < -0.4 is 11.4 Å². The first-order chi connectivity index (χ1) is 9.25. The second kappa shape index (κ2) is 5.27. The van der Waals surface area contributed by atoms with Crippen molar-refractivity contribution in [2.75, 3.05) is 0 Å². The predicted octanol–water partition coefficient (Wildman–Crippen LogP) is 2.16. The van der Waals surface area contributed by atoms with Gasteiger partial charge in [-0.2, -0.15) is 0 Å². The van der Waals surface area contributed by atoms with E-state index in [9.17, 15) is 14.0 Å². The molecule has 0 aliphatic carbocycles. The van der Waals surface area contributed by atoms with E-state index in [1.54, 1.807) is 0 Å². The Morgan fingerprint density at radius 2 is 1.70 bits per heavy atom. The second-order valence-electron chi connectivity index (χ2n) is 4.02. The molecule has 0 unspecified atom stereocenters. The zero-order chi connectivity index (χ0) is 15.2. The van der Waals surface area contributed by atoms with Gasteiger partial charge in [-0.3, -0.25) is 9.13 Å². The van der Waals surface area contributed by atoms with Crippen LogP contribution in [-0.4, -0.2) is 13.7 Å². The van der Waals surface area contributed by atoms with Gasteiger partial charge < -0.3 is 0 Å². The third-order valence-corrected chi connectivity index (χ3v) is 4.51. The molecule has 0 saturated heterocycles. The monoisotopic (exact) mass is 379 g/mol. The van der Waals surface area contributed by atoms with Gasteiger partial charge in [-0.1, -0.05) is 11.6 Å². The van der Waals surface area contributed by atoms with Crippen molar-refractivity contribution in [3.8, 4) is 5.69 Å². The highest BCUT2D eigenvalue weighted by Gasteiger charge is 2.16. The Hall–Kier alpha value is -1.25. The highest BCUT2D eigenvalue weighted by molar-refractivity contribution is 9.10. The standard InChI is InChI=1S/C11H8BrClFN3O2S/c1-15-9(18)17(10(19)16(2)11(15)20)8-3-5(12)6(13)4-7(8)14/h3-4H,1-2H3. The van der Waals surface area contributed by atoms with Crippen molar-refractivity contribution < 1.29 is 4.39 Å². The van der Waals surface area contributed by atoms with Gasteiger partial charge in [-0.05, 0) is 40.3 Å². The van der Waals surface area contributed by atoms with E-state index in [0.717, 1.165) is 15.2 Å². The van der Waals surface area contributed by atoms with E-state index in [1.807, 2.05) is 0 Å². The Bertz CT molecular complexity index is 847. The number of hydrogen-bond acceptors (Lipinski definition) is 3. The normalized spacial score (nSPS) is 10.8. The average Bonchev–Trinajstić information content (AvgIpc) is 2.40. The summed E-state index contributed by atoms with van der Waals surface area (Å²) < 4.78 is 17.3. The molecule has 0 spiro atoms. The van der Waals surface area contributed by atoms with Crippen LogP contribution in [0.4, 0.5) is 4.39 Å². The lowest BCUT2D eigenvalue weighted by Crippen LogP contribution is -2.43. The lowest BCUT2D eigenvalue weighted by molar-refractivity contribution is 0.570. The Morgan fingerprint density at radius 3 is 2.20 bits per heavy atom. The van der Waals surface area contributed by atoms with E-state index in [-0.39, 0.29) is 15.5 Å². The summed E-state index contributed by atoms with van der Waals surface area (Å²) in [5, 5.41) is 0.139. The van der Waals surface area contributed by atoms with Crippen molar-refractivity contribution in [1.29, 1.82) is 0 Å². The van der Waals surface area contributed by atoms with Crippen LogP contribution in [0.1, 0.15) is 0 Å². The largest absolute Gasteiger partial charge is 0.338 e. The molecule has 0 atom stereocenters. The van der Waals surface area contributed by atoms with Gasteiger partial charge in [0.2, 0.25) is 0 Å². The quantitative estimate of drug-likeness (QED) is 0.563. The molecule has 0 aliphatic rings. The molecule has 1 aromatic carbocycles. The fourth-order valence-corrected chi connectivity index (χ4v) is 2.30. The molecule has 0 radical (unpaired) electrons. The molecular weight excluding hydrogens is 373 g/mol. The van der Waals surface area contributed by atoms with Gasteiger partial charge in [0, 0.05) is 18.6 Å². The van der Waals surface area contributed by atoms with Crippen molar-refractivity contribution in [2.45, 2.75) is 0 Å². The fourth-order valence-electron chi connectivity index (χ4n) is 1.66. The minimum atomic E-state index is -0.783. The fraction of sp³-hybridized carbons (Fsp3) is 0.182. The SMILES string of the molecule is Cn1c(=S)n(C)c(=O)n(-c2cc(Br)c(Cl)cc2F)c1=O. The molecule has 0 N–H and O–H groups in total. The van der Waals surface area contributed by atoms with Crippen LogP contribution in [-0.2, 0) is 14.1 Å². The highest BCUT2D eigenvalue weighted by Crippen LogP contribution is 2.26. The van der Waals surface area contributed by atoms with Crippen LogP contribution in [0.15, 0.2) is 26.2 Å². The third-order valence-electron chi connectivity index (χ3n) is 2.76. The summed E-state index contributed by atoms with van der Waals surface area (Å²) in [4.78, 5) is 24.3. The summed E-state index contributed by atoms with van der Waals surface area (Å²) >= 11 is 13.8. The van der Waals surface area contributed by atoms with Gasteiger partial charge >= 0.3 is 11.4 Å². The molecule has 5 nitrogen and oxygen atoms in total. The Morgan fingerprint density at radius 1 is 1.20 bits per heavy atom. The Kier molecular flexibility index (Phi) is 3.99. The van der Waals surface area contributed by atoms with E-state index in [0.29, 0.717) is 9.04 Å². The van der Waals surface area contributed by atoms with Gasteiger partial charge in [0.05, 0.1) is 10.7 Å². The van der Waals surface area contributed by atoms with Crippen LogP contribution in [0.2, 0.25) is 5.02 Å². The van der Waals surface area contributed by atoms with Gasteiger partial charge in [0.15, 0.2) is 4.77 Å². The topological polar surface area (TPSA) is 48.9 Å². The smallest absolute Gasteiger partial charge is 0.273 e. The number of benzene rings is 1. The number of rotatable bonds is 1. The molecule has 1 heterocycles. The van der Waals surface area contributed by atoms with E-state index < -0.39 is 17.2 Å². The predicted molar refractivity (Wildman–Crippen MR) is 79.8 cm³/mol. The lowest BCUT2D eigenvalue weighted by Gasteiger charge is -2.11. The van der Waals surface area contributed by atoms with Crippen molar-refractivity contribution in [2.24, 2.45) is 14.1 Å². The summed E-state index contributed by atoms with van der Waals surface area (Å²) in [6.45, 7) is 0. The summed E-state index contributed by atoms with van der Waals surface area (Å²) in [7, 11) is 2.81. The first-order valence-electron chi connectivity index (χ1n) is 5.29. The summed E-state index contributed by atoms with van der Waals surface area (Å²) in [5.74, 6) is -0.783. The maximum Gasteiger partial charge on any atom is 0.338 e. The summed E-state index contributed by atoms with van der Waals surface area (Å²) in [6, 6.07) is 2.29. The number of halogens is 3. The Labute approximate surface area is 131 Å². The number of nitrogens with zero attached hydrogens (tertiary/aromatic N) is 3. The molecule has 0 saturated carbocycles. The second-order valence-corrected chi connectivity index (χ2v) is 5.65. The molecular formula is C11H8BrClFN3O2S. The molecule has 2 aromatic rings. The molecule has 0 fully saturated rings. The van der Waals surface area contributed by atoms with E-state index in [4.69, 9.17) is 23.8 Å². The molecule has 0 aliphatic heterocycles. The van der Waals surface area contributed by atoms with Crippen LogP contribution in [0.3, 0.4) is 0 Å². The molecule has 20 heavy (non-hydrogen) atoms. The van der Waals surface area contributed by atoms with Gasteiger partial charge in [0.1, 0.15) is 5.82 Å². The maximum atomic E-state index is 14.0. The molecule has 0 amide bonds. The van der Waals surface area contributed by atoms with Crippen molar-refractivity contribution in [1.82, 2.24) is 13.7 Å². The number of aromatic nitrogens is 3. The van der Waals surface area contributed by atoms with Gasteiger partial charge in [-0.15, -0.1) is 0 Å². The van der Waals surface area contributed by atoms with Crippen molar-refractivity contribution in [3.63, 3.8) is 0 Å². The minimum absolute atomic E-state index is 0.0460. The molecule has 0 bridgehead atoms. The van der Waals surface area contributed by atoms with E-state index in [1.165, 1.54) is 20.2 Å².